The van der Waals surface area contributed by atoms with Crippen LogP contribution in [0, 0.1) is 0 Å². The van der Waals surface area contributed by atoms with Gasteiger partial charge in [-0.05, 0) is 22.9 Å². The molecular weight excluding hydrogens is 168 g/mol. The summed E-state index contributed by atoms with van der Waals surface area (Å²) < 4.78 is 0. The molecule has 0 bridgehead atoms. The third kappa shape index (κ3) is 1.54. The summed E-state index contributed by atoms with van der Waals surface area (Å²) in [7, 11) is 0. The first-order valence-electron chi connectivity index (χ1n) is 3.83. The van der Waals surface area contributed by atoms with Gasteiger partial charge in [0.2, 0.25) is 0 Å². The van der Waals surface area contributed by atoms with E-state index >= 15 is 0 Å². The number of nitrogens with zero attached hydrogens (tertiary/aromatic N) is 4. The molecule has 2 rings (SSSR count). The molecule has 1 N–H and O–H groups in total. The van der Waals surface area contributed by atoms with E-state index in [1.807, 2.05) is 24.3 Å². The summed E-state index contributed by atoms with van der Waals surface area (Å²) in [6, 6.07) is 7.33. The van der Waals surface area contributed by atoms with E-state index in [2.05, 4.69) is 15.4 Å². The summed E-state index contributed by atoms with van der Waals surface area (Å²) in [6.45, 7) is 0.0164. The normalized spacial score (nSPS) is 10.2. The lowest BCUT2D eigenvalue weighted by atomic mass is 10.2. The zero-order valence-electron chi connectivity index (χ0n) is 6.83. The topological polar surface area (TPSA) is 63.8 Å². The molecule has 1 aromatic heterocycles. The van der Waals surface area contributed by atoms with Crippen LogP contribution in [0.1, 0.15) is 5.56 Å². The molecule has 13 heavy (non-hydrogen) atoms. The number of tetrazole rings is 1. The maximum Gasteiger partial charge on any atom is 0.162 e. The molecular formula is C8H8N4O. The fourth-order valence-corrected chi connectivity index (χ4v) is 1.06. The Kier molecular flexibility index (Phi) is 2.01. The molecule has 0 aliphatic heterocycles. The highest BCUT2D eigenvalue weighted by Gasteiger charge is 1.98. The van der Waals surface area contributed by atoms with Crippen LogP contribution >= 0.6 is 0 Å². The Hall–Kier alpha value is -1.75. The molecule has 5 heteroatoms. The molecule has 66 valence electrons. The smallest absolute Gasteiger partial charge is 0.162 e. The molecule has 0 aliphatic rings. The number of aliphatic hydroxyl groups is 1. The summed E-state index contributed by atoms with van der Waals surface area (Å²) in [5.41, 5.74) is 1.62. The summed E-state index contributed by atoms with van der Waals surface area (Å²) in [5.74, 6) is 0. The average molecular weight is 176 g/mol. The van der Waals surface area contributed by atoms with Gasteiger partial charge in [-0.3, -0.25) is 0 Å². The van der Waals surface area contributed by atoms with Gasteiger partial charge in [0.1, 0.15) is 0 Å². The molecule has 1 aromatic carbocycles. The van der Waals surface area contributed by atoms with E-state index in [4.69, 9.17) is 5.11 Å². The molecule has 1 heterocycles. The molecule has 0 amide bonds. The monoisotopic (exact) mass is 176 g/mol. The number of aliphatic hydroxyl groups excluding tert-OH is 1. The molecule has 0 fully saturated rings. The van der Waals surface area contributed by atoms with Gasteiger partial charge in [-0.1, -0.05) is 12.1 Å². The van der Waals surface area contributed by atoms with Gasteiger partial charge in [0.15, 0.2) is 6.33 Å². The number of aromatic nitrogens is 4. The third-order valence-electron chi connectivity index (χ3n) is 1.67. The molecule has 2 aromatic rings. The average Bonchev–Trinajstić information content (AvgIpc) is 2.71. The van der Waals surface area contributed by atoms with E-state index in [0.717, 1.165) is 11.3 Å². The van der Waals surface area contributed by atoms with E-state index in [0.29, 0.717) is 0 Å². The summed E-state index contributed by atoms with van der Waals surface area (Å²) >= 11 is 0. The Labute approximate surface area is 74.6 Å². The van der Waals surface area contributed by atoms with Gasteiger partial charge in [-0.15, -0.1) is 15.0 Å². The highest BCUT2D eigenvalue weighted by Crippen LogP contribution is 2.07. The van der Waals surface area contributed by atoms with Crippen LogP contribution in [0.3, 0.4) is 0 Å². The van der Waals surface area contributed by atoms with Crippen molar-refractivity contribution in [1.29, 1.82) is 0 Å². The van der Waals surface area contributed by atoms with Gasteiger partial charge in [0.25, 0.3) is 0 Å². The van der Waals surface area contributed by atoms with Crippen LogP contribution in [0.2, 0.25) is 0 Å². The first kappa shape index (κ1) is 7.88. The Morgan fingerprint density at radius 1 is 1.38 bits per heavy atom. The lowest BCUT2D eigenvalue weighted by molar-refractivity contribution is 0.282. The molecule has 0 saturated carbocycles. The Morgan fingerprint density at radius 3 is 3.00 bits per heavy atom. The van der Waals surface area contributed by atoms with Crippen LogP contribution in [-0.4, -0.2) is 25.3 Å². The maximum atomic E-state index is 8.89. The Bertz CT molecular complexity index is 385. The molecule has 0 radical (unpaired) electrons. The van der Waals surface area contributed by atoms with Crippen LogP contribution in [-0.2, 0) is 6.61 Å². The second-order valence-corrected chi connectivity index (χ2v) is 2.55. The van der Waals surface area contributed by atoms with E-state index in [-0.39, 0.29) is 6.61 Å². The van der Waals surface area contributed by atoms with Crippen LogP contribution in [0.15, 0.2) is 30.6 Å². The van der Waals surface area contributed by atoms with E-state index in [9.17, 15) is 0 Å². The Balaban J connectivity index is 2.41. The van der Waals surface area contributed by atoms with E-state index in [1.54, 1.807) is 0 Å². The summed E-state index contributed by atoms with van der Waals surface area (Å²) in [5, 5.41) is 20.1. The summed E-state index contributed by atoms with van der Waals surface area (Å²) in [6.07, 6.45) is 1.37. The first-order valence-corrected chi connectivity index (χ1v) is 3.83. The van der Waals surface area contributed by atoms with Gasteiger partial charge in [-0.25, -0.2) is 0 Å². The predicted octanol–water partition coefficient (Wildman–Crippen LogP) is 0.155. The molecule has 0 saturated heterocycles. The second-order valence-electron chi connectivity index (χ2n) is 2.55. The SMILES string of the molecule is OCc1cccc(-n2ncnn2)c1. The van der Waals surface area contributed by atoms with Gasteiger partial charge < -0.3 is 5.11 Å². The minimum atomic E-state index is 0.0164. The van der Waals surface area contributed by atoms with Crippen LogP contribution < -0.4 is 0 Å². The lowest BCUT2D eigenvalue weighted by Gasteiger charge is -1.99. The second kappa shape index (κ2) is 3.32. The number of hydrogen-bond donors (Lipinski definition) is 1. The zero-order valence-corrected chi connectivity index (χ0v) is 6.83. The highest BCUT2D eigenvalue weighted by molar-refractivity contribution is 5.33. The molecule has 0 atom stereocenters. The zero-order chi connectivity index (χ0) is 9.10. The van der Waals surface area contributed by atoms with Gasteiger partial charge in [-0.2, -0.15) is 0 Å². The van der Waals surface area contributed by atoms with Crippen molar-refractivity contribution in [1.82, 2.24) is 20.2 Å². The van der Waals surface area contributed by atoms with Crippen molar-refractivity contribution in [3.05, 3.63) is 36.2 Å². The fraction of sp³-hybridized carbons (Fsp3) is 0.125. The molecule has 5 nitrogen and oxygen atoms in total. The van der Waals surface area contributed by atoms with Crippen molar-refractivity contribution >= 4 is 0 Å². The van der Waals surface area contributed by atoms with Crippen LogP contribution in [0.25, 0.3) is 5.69 Å². The third-order valence-corrected chi connectivity index (χ3v) is 1.67. The fourth-order valence-electron chi connectivity index (χ4n) is 1.06. The quantitative estimate of drug-likeness (QED) is 0.707. The van der Waals surface area contributed by atoms with Crippen molar-refractivity contribution in [2.75, 3.05) is 0 Å². The molecule has 0 aliphatic carbocycles. The first-order chi connectivity index (χ1) is 6.40. The van der Waals surface area contributed by atoms with Gasteiger partial charge in [0, 0.05) is 0 Å². The number of benzene rings is 1. The molecule has 0 spiro atoms. The van der Waals surface area contributed by atoms with Gasteiger partial charge in [0.05, 0.1) is 12.3 Å². The number of rotatable bonds is 2. The molecule has 0 unspecified atom stereocenters. The van der Waals surface area contributed by atoms with Crippen LogP contribution in [0.4, 0.5) is 0 Å². The highest BCUT2D eigenvalue weighted by atomic mass is 16.3. The minimum Gasteiger partial charge on any atom is -0.392 e. The van der Waals surface area contributed by atoms with E-state index < -0.39 is 0 Å². The summed E-state index contributed by atoms with van der Waals surface area (Å²) in [4.78, 5) is 1.40. The van der Waals surface area contributed by atoms with Crippen molar-refractivity contribution in [3.63, 3.8) is 0 Å². The largest absolute Gasteiger partial charge is 0.392 e. The van der Waals surface area contributed by atoms with Crippen molar-refractivity contribution in [2.24, 2.45) is 0 Å². The standard InChI is InChI=1S/C8H8N4O/c13-5-7-2-1-3-8(4-7)12-10-6-9-11-12/h1-4,6,13H,5H2. The van der Waals surface area contributed by atoms with Crippen molar-refractivity contribution in [2.45, 2.75) is 6.61 Å². The van der Waals surface area contributed by atoms with E-state index in [1.165, 1.54) is 11.1 Å². The predicted molar refractivity (Wildman–Crippen MR) is 45.1 cm³/mol. The Morgan fingerprint density at radius 2 is 2.31 bits per heavy atom. The number of hydrogen-bond acceptors (Lipinski definition) is 4. The maximum absolute atomic E-state index is 8.89. The van der Waals surface area contributed by atoms with Crippen molar-refractivity contribution in [3.8, 4) is 5.69 Å². The van der Waals surface area contributed by atoms with Crippen molar-refractivity contribution < 1.29 is 5.11 Å². The van der Waals surface area contributed by atoms with Crippen LogP contribution in [0.5, 0.6) is 0 Å². The minimum absolute atomic E-state index is 0.0164. The van der Waals surface area contributed by atoms with Gasteiger partial charge >= 0.3 is 0 Å². The lowest BCUT2D eigenvalue weighted by Crippen LogP contribution is -1.99.